The molecule has 1 N–H and O–H groups in total. The Balaban J connectivity index is 1.47. The van der Waals surface area contributed by atoms with Crippen LogP contribution < -0.4 is 5.32 Å². The highest BCUT2D eigenvalue weighted by Crippen LogP contribution is 2.26. The smallest absolute Gasteiger partial charge is 0.255 e. The van der Waals surface area contributed by atoms with Gasteiger partial charge < -0.3 is 10.1 Å². The average Bonchev–Trinajstić information content (AvgIpc) is 2.85. The lowest BCUT2D eigenvalue weighted by Crippen LogP contribution is -2.37. The van der Waals surface area contributed by atoms with Gasteiger partial charge in [-0.15, -0.1) is 0 Å². The van der Waals surface area contributed by atoms with Gasteiger partial charge in [-0.1, -0.05) is 18.2 Å². The van der Waals surface area contributed by atoms with E-state index in [-0.39, 0.29) is 5.91 Å². The Morgan fingerprint density at radius 3 is 2.38 bits per heavy atom. The molecule has 7 heteroatoms. The number of anilines is 1. The molecule has 162 valence electrons. The zero-order valence-electron chi connectivity index (χ0n) is 17.7. The number of morpholine rings is 1. The monoisotopic (exact) mass is 445 g/mol. The first-order valence-corrected chi connectivity index (χ1v) is 11.4. The standard InChI is InChI=1S/C25H23N3O3S/c1-18-2-5-21(16-24(18)20-6-3-19(17-26)4-7-20)25(29)27-22-8-10-23(11-9-22)32(30)28-12-14-31-15-13-28/h2-11,16H,12-15H2,1H3,(H,27,29). The first-order valence-electron chi connectivity index (χ1n) is 10.3. The minimum Gasteiger partial charge on any atom is -0.379 e. The van der Waals surface area contributed by atoms with E-state index in [1.165, 1.54) is 0 Å². The number of carbonyl (C=O) groups is 1. The quantitative estimate of drug-likeness (QED) is 0.640. The SMILES string of the molecule is Cc1ccc(C(=O)Nc2ccc(S(=O)N3CCOCC3)cc2)cc1-c1ccc(C#N)cc1. The Morgan fingerprint density at radius 2 is 1.72 bits per heavy atom. The molecule has 1 heterocycles. The minimum atomic E-state index is -1.24. The molecular formula is C25H23N3O3S. The number of hydrogen-bond acceptors (Lipinski definition) is 4. The number of rotatable bonds is 5. The normalized spacial score (nSPS) is 15.0. The molecule has 1 unspecified atom stereocenters. The molecule has 3 aromatic carbocycles. The van der Waals surface area contributed by atoms with Crippen molar-refractivity contribution >= 4 is 22.6 Å². The van der Waals surface area contributed by atoms with Crippen LogP contribution in [0.3, 0.4) is 0 Å². The maximum Gasteiger partial charge on any atom is 0.255 e. The van der Waals surface area contributed by atoms with Crippen molar-refractivity contribution in [2.24, 2.45) is 0 Å². The highest BCUT2D eigenvalue weighted by atomic mass is 32.2. The van der Waals surface area contributed by atoms with Gasteiger partial charge in [0.25, 0.3) is 5.91 Å². The number of nitrogens with zero attached hydrogens (tertiary/aromatic N) is 2. The van der Waals surface area contributed by atoms with Gasteiger partial charge in [0.2, 0.25) is 0 Å². The molecule has 0 radical (unpaired) electrons. The third-order valence-electron chi connectivity index (χ3n) is 5.34. The summed E-state index contributed by atoms with van der Waals surface area (Å²) in [6, 6.07) is 22.1. The Labute approximate surface area is 190 Å². The van der Waals surface area contributed by atoms with Crippen LogP contribution in [0.25, 0.3) is 11.1 Å². The summed E-state index contributed by atoms with van der Waals surface area (Å²) < 4.78 is 19.9. The minimum absolute atomic E-state index is 0.220. The molecule has 3 aromatic rings. The number of ether oxygens (including phenoxy) is 1. The molecule has 0 aromatic heterocycles. The predicted octanol–water partition coefficient (Wildman–Crippen LogP) is 4.14. The summed E-state index contributed by atoms with van der Waals surface area (Å²) in [5.41, 5.74) is 4.71. The van der Waals surface area contributed by atoms with Gasteiger partial charge in [-0.2, -0.15) is 5.26 Å². The Hall–Kier alpha value is -3.31. The first-order chi connectivity index (χ1) is 15.5. The molecule has 0 spiro atoms. The predicted molar refractivity (Wildman–Crippen MR) is 125 cm³/mol. The molecule has 1 saturated heterocycles. The Kier molecular flexibility index (Phi) is 6.76. The second kappa shape index (κ2) is 9.88. The fraction of sp³-hybridized carbons (Fsp3) is 0.200. The van der Waals surface area contributed by atoms with Crippen LogP contribution in [0.5, 0.6) is 0 Å². The van der Waals surface area contributed by atoms with Gasteiger partial charge in [-0.3, -0.25) is 4.79 Å². The molecule has 0 saturated carbocycles. The van der Waals surface area contributed by atoms with Crippen LogP contribution in [0.1, 0.15) is 21.5 Å². The van der Waals surface area contributed by atoms with Gasteiger partial charge in [0.15, 0.2) is 0 Å². The van der Waals surface area contributed by atoms with Gasteiger partial charge >= 0.3 is 0 Å². The second-order valence-corrected chi connectivity index (χ2v) is 8.97. The van der Waals surface area contributed by atoms with Crippen LogP contribution in [0.2, 0.25) is 0 Å². The Bertz CT molecular complexity index is 1180. The molecule has 0 bridgehead atoms. The van der Waals surface area contributed by atoms with Crippen molar-refractivity contribution in [1.82, 2.24) is 4.31 Å². The fourth-order valence-corrected chi connectivity index (χ4v) is 4.67. The van der Waals surface area contributed by atoms with Crippen LogP contribution >= 0.6 is 0 Å². The first kappa shape index (κ1) is 21.9. The number of amides is 1. The number of carbonyl (C=O) groups excluding carboxylic acids is 1. The molecule has 1 aliphatic heterocycles. The zero-order valence-corrected chi connectivity index (χ0v) is 18.5. The lowest BCUT2D eigenvalue weighted by molar-refractivity contribution is 0.0752. The molecule has 4 rings (SSSR count). The third-order valence-corrected chi connectivity index (χ3v) is 6.85. The van der Waals surface area contributed by atoms with Gasteiger partial charge in [-0.05, 0) is 72.1 Å². The third kappa shape index (κ3) is 4.94. The van der Waals surface area contributed by atoms with Gasteiger partial charge in [0.05, 0.1) is 29.7 Å². The number of aryl methyl sites for hydroxylation is 1. The van der Waals surface area contributed by atoms with Crippen LogP contribution in [0.15, 0.2) is 71.6 Å². The maximum absolute atomic E-state index is 12.8. The van der Waals surface area contributed by atoms with E-state index in [9.17, 15) is 9.00 Å². The van der Waals surface area contributed by atoms with Gasteiger partial charge in [0.1, 0.15) is 11.0 Å². The lowest BCUT2D eigenvalue weighted by atomic mass is 9.97. The molecule has 1 fully saturated rings. The van der Waals surface area contributed by atoms with Crippen molar-refractivity contribution in [3.8, 4) is 17.2 Å². The van der Waals surface area contributed by atoms with Crippen molar-refractivity contribution in [2.75, 3.05) is 31.6 Å². The van der Waals surface area contributed by atoms with E-state index in [0.717, 1.165) is 16.7 Å². The molecule has 1 atom stereocenters. The van der Waals surface area contributed by atoms with E-state index in [0.29, 0.717) is 48.0 Å². The molecule has 32 heavy (non-hydrogen) atoms. The van der Waals surface area contributed by atoms with Gasteiger partial charge in [0, 0.05) is 24.3 Å². The van der Waals surface area contributed by atoms with E-state index in [2.05, 4.69) is 11.4 Å². The Morgan fingerprint density at radius 1 is 1.03 bits per heavy atom. The highest BCUT2D eigenvalue weighted by molar-refractivity contribution is 7.82. The van der Waals surface area contributed by atoms with Crippen molar-refractivity contribution < 1.29 is 13.7 Å². The maximum atomic E-state index is 12.8. The van der Waals surface area contributed by atoms with Crippen molar-refractivity contribution in [2.45, 2.75) is 11.8 Å². The van der Waals surface area contributed by atoms with E-state index in [1.54, 1.807) is 42.5 Å². The second-order valence-electron chi connectivity index (χ2n) is 7.49. The summed E-state index contributed by atoms with van der Waals surface area (Å²) in [5, 5.41) is 11.9. The molecule has 1 amide bonds. The largest absolute Gasteiger partial charge is 0.379 e. The summed E-state index contributed by atoms with van der Waals surface area (Å²) in [6.45, 7) is 4.44. The van der Waals surface area contributed by atoms with Crippen LogP contribution in [-0.4, -0.2) is 40.7 Å². The number of nitrogens with one attached hydrogen (secondary N) is 1. The average molecular weight is 446 g/mol. The van der Waals surface area contributed by atoms with E-state index in [4.69, 9.17) is 10.00 Å². The van der Waals surface area contributed by atoms with E-state index in [1.807, 2.05) is 35.5 Å². The summed E-state index contributed by atoms with van der Waals surface area (Å²) >= 11 is 0. The van der Waals surface area contributed by atoms with Crippen molar-refractivity contribution in [3.63, 3.8) is 0 Å². The summed E-state index contributed by atoms with van der Waals surface area (Å²) in [7, 11) is -1.24. The topological polar surface area (TPSA) is 82.4 Å². The highest BCUT2D eigenvalue weighted by Gasteiger charge is 2.18. The van der Waals surface area contributed by atoms with Crippen molar-refractivity contribution in [3.05, 3.63) is 83.4 Å². The van der Waals surface area contributed by atoms with E-state index >= 15 is 0 Å². The molecular weight excluding hydrogens is 422 g/mol. The van der Waals surface area contributed by atoms with Crippen LogP contribution in [-0.2, 0) is 15.7 Å². The van der Waals surface area contributed by atoms with Crippen molar-refractivity contribution in [1.29, 1.82) is 5.26 Å². The van der Waals surface area contributed by atoms with Crippen LogP contribution in [0, 0.1) is 18.3 Å². The van der Waals surface area contributed by atoms with E-state index < -0.39 is 11.0 Å². The summed E-state index contributed by atoms with van der Waals surface area (Å²) in [6.07, 6.45) is 0. The molecule has 6 nitrogen and oxygen atoms in total. The number of nitriles is 1. The molecule has 1 aliphatic rings. The fourth-order valence-electron chi connectivity index (χ4n) is 3.52. The summed E-state index contributed by atoms with van der Waals surface area (Å²) in [4.78, 5) is 13.5. The number of hydrogen-bond donors (Lipinski definition) is 1. The zero-order chi connectivity index (χ0) is 22.5. The summed E-state index contributed by atoms with van der Waals surface area (Å²) in [5.74, 6) is -0.220. The molecule has 0 aliphatic carbocycles. The van der Waals surface area contributed by atoms with Gasteiger partial charge in [-0.25, -0.2) is 8.51 Å². The number of benzene rings is 3. The lowest BCUT2D eigenvalue weighted by Gasteiger charge is -2.25. The van der Waals surface area contributed by atoms with Crippen LogP contribution in [0.4, 0.5) is 5.69 Å².